The molecular formula is C21H23N3O3. The zero-order chi connectivity index (χ0) is 19.4. The van der Waals surface area contributed by atoms with Gasteiger partial charge in [-0.25, -0.2) is 4.68 Å². The minimum absolute atomic E-state index is 0.143. The van der Waals surface area contributed by atoms with Crippen molar-refractivity contribution in [3.05, 3.63) is 75.7 Å². The van der Waals surface area contributed by atoms with Gasteiger partial charge in [0.05, 0.1) is 18.0 Å². The van der Waals surface area contributed by atoms with Crippen LogP contribution in [0.5, 0.6) is 0 Å². The van der Waals surface area contributed by atoms with Gasteiger partial charge in [0.2, 0.25) is 0 Å². The number of methoxy groups -OCH3 is 1. The van der Waals surface area contributed by atoms with Crippen LogP contribution in [0.1, 0.15) is 41.5 Å². The highest BCUT2D eigenvalue weighted by Crippen LogP contribution is 2.15. The van der Waals surface area contributed by atoms with E-state index in [9.17, 15) is 9.59 Å². The topological polar surface area (TPSA) is 73.2 Å². The molecule has 0 aliphatic heterocycles. The maximum atomic E-state index is 12.9. The van der Waals surface area contributed by atoms with Gasteiger partial charge in [-0.1, -0.05) is 42.5 Å². The number of carbonyl (C=O) groups excluding carboxylic acids is 1. The van der Waals surface area contributed by atoms with Crippen LogP contribution in [0.15, 0.2) is 53.3 Å². The zero-order valence-corrected chi connectivity index (χ0v) is 15.7. The zero-order valence-electron chi connectivity index (χ0n) is 15.7. The van der Waals surface area contributed by atoms with E-state index in [1.54, 1.807) is 31.4 Å². The van der Waals surface area contributed by atoms with E-state index in [0.29, 0.717) is 23.9 Å². The number of benzene rings is 2. The molecule has 0 spiro atoms. The predicted molar refractivity (Wildman–Crippen MR) is 105 cm³/mol. The molecule has 0 saturated heterocycles. The molecule has 0 fully saturated rings. The Labute approximate surface area is 157 Å². The van der Waals surface area contributed by atoms with Crippen LogP contribution in [-0.4, -0.2) is 22.8 Å². The van der Waals surface area contributed by atoms with Gasteiger partial charge in [-0.3, -0.25) is 9.59 Å². The molecule has 0 aliphatic carbocycles. The lowest BCUT2D eigenvalue weighted by molar-refractivity contribution is 0.0944. The number of rotatable bonds is 6. The Morgan fingerprint density at radius 2 is 1.70 bits per heavy atom. The molecule has 140 valence electrons. The van der Waals surface area contributed by atoms with Crippen molar-refractivity contribution in [2.45, 2.75) is 33.0 Å². The molecule has 3 rings (SSSR count). The van der Waals surface area contributed by atoms with Crippen molar-refractivity contribution >= 4 is 16.7 Å². The standard InChI is InChI=1S/C21H23N3O3/c1-14(2)24-21(26)18-11-7-6-10-17(18)19(23-24)20(25)22-12-15-8-4-5-9-16(15)13-27-3/h4-11,14H,12-13H2,1-3H3,(H,22,25). The average Bonchev–Trinajstić information content (AvgIpc) is 2.67. The van der Waals surface area contributed by atoms with Crippen molar-refractivity contribution in [2.75, 3.05) is 7.11 Å². The Balaban J connectivity index is 1.95. The van der Waals surface area contributed by atoms with Crippen molar-refractivity contribution in [2.24, 2.45) is 0 Å². The lowest BCUT2D eigenvalue weighted by Gasteiger charge is -2.14. The van der Waals surface area contributed by atoms with Crippen LogP contribution >= 0.6 is 0 Å². The largest absolute Gasteiger partial charge is 0.380 e. The Hall–Kier alpha value is -2.99. The Morgan fingerprint density at radius 1 is 1.07 bits per heavy atom. The fourth-order valence-electron chi connectivity index (χ4n) is 3.01. The second kappa shape index (κ2) is 8.14. The van der Waals surface area contributed by atoms with Crippen LogP contribution in [0.2, 0.25) is 0 Å². The highest BCUT2D eigenvalue weighted by atomic mass is 16.5. The van der Waals surface area contributed by atoms with E-state index in [-0.39, 0.29) is 23.2 Å². The van der Waals surface area contributed by atoms with Gasteiger partial charge in [-0.05, 0) is 31.0 Å². The predicted octanol–water partition coefficient (Wildman–Crippen LogP) is 3.05. The normalized spacial score (nSPS) is 11.1. The number of nitrogens with zero attached hydrogens (tertiary/aromatic N) is 2. The van der Waals surface area contributed by atoms with Gasteiger partial charge in [-0.15, -0.1) is 0 Å². The summed E-state index contributed by atoms with van der Waals surface area (Å²) in [5.74, 6) is -0.312. The molecule has 27 heavy (non-hydrogen) atoms. The highest BCUT2D eigenvalue weighted by molar-refractivity contribution is 6.04. The third-order valence-corrected chi connectivity index (χ3v) is 4.39. The van der Waals surface area contributed by atoms with E-state index >= 15 is 0 Å². The summed E-state index contributed by atoms with van der Waals surface area (Å²) in [7, 11) is 1.64. The number of carbonyl (C=O) groups is 1. The first-order chi connectivity index (χ1) is 13.0. The van der Waals surface area contributed by atoms with Crippen LogP contribution in [0, 0.1) is 0 Å². The SMILES string of the molecule is COCc1ccccc1CNC(=O)c1nn(C(C)C)c(=O)c2ccccc12. The van der Waals surface area contributed by atoms with E-state index < -0.39 is 0 Å². The van der Waals surface area contributed by atoms with Gasteiger partial charge >= 0.3 is 0 Å². The molecule has 1 N–H and O–H groups in total. The van der Waals surface area contributed by atoms with Gasteiger partial charge < -0.3 is 10.1 Å². The van der Waals surface area contributed by atoms with Gasteiger partial charge in [0.25, 0.3) is 11.5 Å². The van der Waals surface area contributed by atoms with Crippen molar-refractivity contribution < 1.29 is 9.53 Å². The Bertz CT molecular complexity index is 1020. The lowest BCUT2D eigenvalue weighted by atomic mass is 10.1. The van der Waals surface area contributed by atoms with Crippen molar-refractivity contribution in [1.29, 1.82) is 0 Å². The molecule has 6 nitrogen and oxygen atoms in total. The summed E-state index contributed by atoms with van der Waals surface area (Å²) in [5.41, 5.74) is 2.06. The second-order valence-corrected chi connectivity index (χ2v) is 6.62. The lowest BCUT2D eigenvalue weighted by Crippen LogP contribution is -2.31. The van der Waals surface area contributed by atoms with Crippen LogP contribution in [0.25, 0.3) is 10.8 Å². The number of aromatic nitrogens is 2. The Kier molecular flexibility index (Phi) is 5.66. The molecule has 6 heteroatoms. The monoisotopic (exact) mass is 365 g/mol. The quantitative estimate of drug-likeness (QED) is 0.729. The molecule has 3 aromatic rings. The van der Waals surface area contributed by atoms with Crippen molar-refractivity contribution in [3.63, 3.8) is 0 Å². The maximum absolute atomic E-state index is 12.9. The molecule has 1 amide bonds. The minimum atomic E-state index is -0.312. The van der Waals surface area contributed by atoms with Gasteiger partial charge in [0.15, 0.2) is 5.69 Å². The summed E-state index contributed by atoms with van der Waals surface area (Å²) in [5, 5.41) is 8.31. The van der Waals surface area contributed by atoms with Crippen LogP contribution in [-0.2, 0) is 17.9 Å². The fraction of sp³-hybridized carbons (Fsp3) is 0.286. The molecule has 0 radical (unpaired) electrons. The fourth-order valence-corrected chi connectivity index (χ4v) is 3.01. The third kappa shape index (κ3) is 3.90. The first-order valence-corrected chi connectivity index (χ1v) is 8.88. The summed E-state index contributed by atoms with van der Waals surface area (Å²) in [4.78, 5) is 25.5. The highest BCUT2D eigenvalue weighted by Gasteiger charge is 2.17. The second-order valence-electron chi connectivity index (χ2n) is 6.62. The van der Waals surface area contributed by atoms with E-state index in [1.165, 1.54) is 4.68 Å². The van der Waals surface area contributed by atoms with Gasteiger partial charge in [0, 0.05) is 19.0 Å². The molecule has 0 saturated carbocycles. The van der Waals surface area contributed by atoms with Crippen molar-refractivity contribution in [3.8, 4) is 0 Å². The molecule has 0 unspecified atom stereocenters. The van der Waals surface area contributed by atoms with E-state index in [4.69, 9.17) is 4.74 Å². The molecule has 1 heterocycles. The van der Waals surface area contributed by atoms with Gasteiger partial charge in [-0.2, -0.15) is 5.10 Å². The summed E-state index contributed by atoms with van der Waals surface area (Å²) in [6.45, 7) is 4.57. The smallest absolute Gasteiger partial charge is 0.274 e. The van der Waals surface area contributed by atoms with Crippen LogP contribution in [0.4, 0.5) is 0 Å². The summed E-state index contributed by atoms with van der Waals surface area (Å²) in [6.07, 6.45) is 0. The van der Waals surface area contributed by atoms with Crippen LogP contribution in [0.3, 0.4) is 0 Å². The minimum Gasteiger partial charge on any atom is -0.380 e. The summed E-state index contributed by atoms with van der Waals surface area (Å²) >= 11 is 0. The van der Waals surface area contributed by atoms with E-state index in [2.05, 4.69) is 10.4 Å². The molecule has 2 aromatic carbocycles. The summed E-state index contributed by atoms with van der Waals surface area (Å²) in [6, 6.07) is 14.7. The number of nitrogens with one attached hydrogen (secondary N) is 1. The number of hydrogen-bond acceptors (Lipinski definition) is 4. The van der Waals surface area contributed by atoms with Gasteiger partial charge in [0.1, 0.15) is 0 Å². The average molecular weight is 365 g/mol. The van der Waals surface area contributed by atoms with E-state index in [1.807, 2.05) is 38.1 Å². The molecular weight excluding hydrogens is 342 g/mol. The first kappa shape index (κ1) is 18.8. The van der Waals surface area contributed by atoms with Crippen molar-refractivity contribution in [1.82, 2.24) is 15.1 Å². The molecule has 0 bridgehead atoms. The summed E-state index contributed by atoms with van der Waals surface area (Å²) < 4.78 is 6.57. The Morgan fingerprint density at radius 3 is 2.37 bits per heavy atom. The van der Waals surface area contributed by atoms with E-state index in [0.717, 1.165) is 11.1 Å². The number of fused-ring (bicyclic) bond motifs is 1. The number of amides is 1. The number of ether oxygens (including phenoxy) is 1. The van der Waals surface area contributed by atoms with Crippen LogP contribution < -0.4 is 10.9 Å². The first-order valence-electron chi connectivity index (χ1n) is 8.88. The molecule has 1 aromatic heterocycles. The molecule has 0 aliphatic rings. The maximum Gasteiger partial charge on any atom is 0.274 e. The molecule has 0 atom stereocenters. The number of hydrogen-bond donors (Lipinski definition) is 1. The third-order valence-electron chi connectivity index (χ3n) is 4.39.